The van der Waals surface area contributed by atoms with Gasteiger partial charge in [0.05, 0.1) is 0 Å². The minimum absolute atomic E-state index is 0.146. The van der Waals surface area contributed by atoms with Crippen LogP contribution in [0.15, 0.2) is 55.6 Å². The van der Waals surface area contributed by atoms with Crippen LogP contribution in [-0.4, -0.2) is 23.9 Å². The Morgan fingerprint density at radius 1 is 1.22 bits per heavy atom. The number of amides is 1. The van der Waals surface area contributed by atoms with Crippen molar-refractivity contribution in [3.8, 4) is 0 Å². The van der Waals surface area contributed by atoms with Gasteiger partial charge in [-0.05, 0) is 17.9 Å². The molecule has 1 saturated carbocycles. The number of hydrogen-bond donors (Lipinski definition) is 0. The van der Waals surface area contributed by atoms with Crippen molar-refractivity contribution in [3.63, 3.8) is 0 Å². The molecule has 0 unspecified atom stereocenters. The Kier molecular flexibility index (Phi) is 3.98. The standard InChI is InChI=1S/C16H19NO/c1-3-10-17(11-4-2)16(18)15-12-14(15)13-8-6-5-7-9-13/h3-9,14-15H,1-2,10-12H2/t14-,15-/m1/s1. The van der Waals surface area contributed by atoms with Gasteiger partial charge in [-0.15, -0.1) is 13.2 Å². The Balaban J connectivity index is 1.99. The molecule has 1 aromatic carbocycles. The quantitative estimate of drug-likeness (QED) is 0.701. The molecule has 2 rings (SSSR count). The van der Waals surface area contributed by atoms with E-state index < -0.39 is 0 Å². The molecule has 0 saturated heterocycles. The van der Waals surface area contributed by atoms with Gasteiger partial charge in [-0.3, -0.25) is 4.79 Å². The maximum Gasteiger partial charge on any atom is 0.226 e. The second kappa shape index (κ2) is 5.67. The van der Waals surface area contributed by atoms with Crippen molar-refractivity contribution in [3.05, 3.63) is 61.2 Å². The van der Waals surface area contributed by atoms with E-state index in [9.17, 15) is 4.79 Å². The molecule has 0 spiro atoms. The van der Waals surface area contributed by atoms with Gasteiger partial charge < -0.3 is 4.90 Å². The van der Waals surface area contributed by atoms with Crippen LogP contribution in [0, 0.1) is 5.92 Å². The maximum atomic E-state index is 12.3. The summed E-state index contributed by atoms with van der Waals surface area (Å²) in [6.45, 7) is 8.59. The molecule has 1 amide bonds. The van der Waals surface area contributed by atoms with Crippen molar-refractivity contribution < 1.29 is 4.79 Å². The number of benzene rings is 1. The van der Waals surface area contributed by atoms with Gasteiger partial charge in [-0.1, -0.05) is 42.5 Å². The topological polar surface area (TPSA) is 20.3 Å². The van der Waals surface area contributed by atoms with Crippen LogP contribution < -0.4 is 0 Å². The number of rotatable bonds is 6. The summed E-state index contributed by atoms with van der Waals surface area (Å²) in [5, 5.41) is 0. The summed E-state index contributed by atoms with van der Waals surface area (Å²) in [6.07, 6.45) is 4.50. The molecule has 2 atom stereocenters. The van der Waals surface area contributed by atoms with E-state index in [4.69, 9.17) is 0 Å². The SMILES string of the molecule is C=CCN(CC=C)C(=O)[C@@H]1C[C@@H]1c1ccccc1. The Morgan fingerprint density at radius 3 is 2.39 bits per heavy atom. The average molecular weight is 241 g/mol. The fraction of sp³-hybridized carbons (Fsp3) is 0.312. The van der Waals surface area contributed by atoms with Gasteiger partial charge in [0.1, 0.15) is 0 Å². The summed E-state index contributed by atoms with van der Waals surface area (Å²) in [6, 6.07) is 10.3. The van der Waals surface area contributed by atoms with Crippen molar-refractivity contribution in [2.75, 3.05) is 13.1 Å². The Hall–Kier alpha value is -1.83. The van der Waals surface area contributed by atoms with Crippen LogP contribution >= 0.6 is 0 Å². The van der Waals surface area contributed by atoms with Crippen LogP contribution in [0.1, 0.15) is 17.9 Å². The van der Waals surface area contributed by atoms with Crippen LogP contribution in [0.4, 0.5) is 0 Å². The van der Waals surface area contributed by atoms with Gasteiger partial charge in [0.2, 0.25) is 5.91 Å². The molecule has 2 heteroatoms. The van der Waals surface area contributed by atoms with E-state index in [1.807, 2.05) is 23.1 Å². The molecule has 0 aromatic heterocycles. The summed E-state index contributed by atoms with van der Waals surface area (Å²) in [5.41, 5.74) is 1.27. The number of carbonyl (C=O) groups is 1. The second-order valence-electron chi connectivity index (χ2n) is 4.68. The molecule has 0 N–H and O–H groups in total. The molecular formula is C16H19NO. The predicted molar refractivity (Wildman–Crippen MR) is 74.3 cm³/mol. The smallest absolute Gasteiger partial charge is 0.226 e. The van der Waals surface area contributed by atoms with E-state index in [0.29, 0.717) is 19.0 Å². The summed E-state index contributed by atoms with van der Waals surface area (Å²) in [4.78, 5) is 14.1. The molecule has 0 radical (unpaired) electrons. The number of hydrogen-bond acceptors (Lipinski definition) is 1. The van der Waals surface area contributed by atoms with Crippen molar-refractivity contribution >= 4 is 5.91 Å². The molecule has 2 nitrogen and oxygen atoms in total. The van der Waals surface area contributed by atoms with Crippen molar-refractivity contribution in [2.45, 2.75) is 12.3 Å². The summed E-state index contributed by atoms with van der Waals surface area (Å²) < 4.78 is 0. The fourth-order valence-corrected chi connectivity index (χ4v) is 2.34. The summed E-state index contributed by atoms with van der Waals surface area (Å²) >= 11 is 0. The zero-order valence-corrected chi connectivity index (χ0v) is 10.6. The first-order valence-electron chi connectivity index (χ1n) is 6.33. The number of carbonyl (C=O) groups excluding carboxylic acids is 1. The zero-order valence-electron chi connectivity index (χ0n) is 10.6. The highest BCUT2D eigenvalue weighted by Gasteiger charge is 2.45. The van der Waals surface area contributed by atoms with Gasteiger partial charge in [-0.2, -0.15) is 0 Å². The first-order valence-corrected chi connectivity index (χ1v) is 6.33. The lowest BCUT2D eigenvalue weighted by atomic mass is 10.1. The van der Waals surface area contributed by atoms with Crippen LogP contribution in [0.3, 0.4) is 0 Å². The van der Waals surface area contributed by atoms with Crippen molar-refractivity contribution in [1.82, 2.24) is 4.90 Å². The highest BCUT2D eigenvalue weighted by atomic mass is 16.2. The van der Waals surface area contributed by atoms with E-state index in [0.717, 1.165) is 6.42 Å². The van der Waals surface area contributed by atoms with E-state index in [1.165, 1.54) is 5.56 Å². The maximum absolute atomic E-state index is 12.3. The van der Waals surface area contributed by atoms with Crippen molar-refractivity contribution in [1.29, 1.82) is 0 Å². The summed E-state index contributed by atoms with van der Waals surface area (Å²) in [7, 11) is 0. The zero-order chi connectivity index (χ0) is 13.0. The molecule has 1 aromatic rings. The molecule has 0 heterocycles. The Bertz CT molecular complexity index is 428. The third kappa shape index (κ3) is 2.70. The molecule has 1 aliphatic carbocycles. The lowest BCUT2D eigenvalue weighted by Crippen LogP contribution is -2.32. The predicted octanol–water partition coefficient (Wildman–Crippen LogP) is 2.99. The minimum Gasteiger partial charge on any atom is -0.335 e. The third-order valence-corrected chi connectivity index (χ3v) is 3.35. The summed E-state index contributed by atoms with van der Waals surface area (Å²) in [5.74, 6) is 0.770. The van der Waals surface area contributed by atoms with Gasteiger partial charge in [0.25, 0.3) is 0 Å². The minimum atomic E-state index is 0.146. The van der Waals surface area contributed by atoms with E-state index in [1.54, 1.807) is 12.2 Å². The van der Waals surface area contributed by atoms with Crippen molar-refractivity contribution in [2.24, 2.45) is 5.92 Å². The van der Waals surface area contributed by atoms with Crippen LogP contribution in [-0.2, 0) is 4.79 Å². The van der Waals surface area contributed by atoms with Crippen LogP contribution in [0.5, 0.6) is 0 Å². The Morgan fingerprint density at radius 2 is 1.83 bits per heavy atom. The monoisotopic (exact) mass is 241 g/mol. The van der Waals surface area contributed by atoms with Gasteiger partial charge in [0, 0.05) is 19.0 Å². The molecular weight excluding hydrogens is 222 g/mol. The average Bonchev–Trinajstić information content (AvgIpc) is 3.19. The molecule has 18 heavy (non-hydrogen) atoms. The Labute approximate surface area is 109 Å². The third-order valence-electron chi connectivity index (χ3n) is 3.35. The molecule has 0 aliphatic heterocycles. The molecule has 94 valence electrons. The van der Waals surface area contributed by atoms with Gasteiger partial charge in [-0.25, -0.2) is 0 Å². The van der Waals surface area contributed by atoms with Crippen LogP contribution in [0.25, 0.3) is 0 Å². The highest BCUT2D eigenvalue weighted by Crippen LogP contribution is 2.48. The number of nitrogens with zero attached hydrogens (tertiary/aromatic N) is 1. The first kappa shape index (κ1) is 12.6. The first-order chi connectivity index (χ1) is 8.77. The van der Waals surface area contributed by atoms with E-state index in [-0.39, 0.29) is 11.8 Å². The largest absolute Gasteiger partial charge is 0.335 e. The van der Waals surface area contributed by atoms with E-state index >= 15 is 0 Å². The fourth-order valence-electron chi connectivity index (χ4n) is 2.34. The molecule has 1 aliphatic rings. The molecule has 0 bridgehead atoms. The van der Waals surface area contributed by atoms with E-state index in [2.05, 4.69) is 25.3 Å². The highest BCUT2D eigenvalue weighted by molar-refractivity contribution is 5.83. The normalized spacial score (nSPS) is 21.1. The van der Waals surface area contributed by atoms with Gasteiger partial charge >= 0.3 is 0 Å². The van der Waals surface area contributed by atoms with Gasteiger partial charge in [0.15, 0.2) is 0 Å². The lowest BCUT2D eigenvalue weighted by Gasteiger charge is -2.19. The second-order valence-corrected chi connectivity index (χ2v) is 4.68. The lowest BCUT2D eigenvalue weighted by molar-refractivity contribution is -0.131. The van der Waals surface area contributed by atoms with Crippen LogP contribution in [0.2, 0.25) is 0 Å². The molecule has 1 fully saturated rings.